The van der Waals surface area contributed by atoms with Crippen molar-refractivity contribution >= 4 is 26.0 Å². The van der Waals surface area contributed by atoms with Gasteiger partial charge in [-0.05, 0) is 62.9 Å². The molecule has 1 aromatic carbocycles. The molecule has 1 aromatic rings. The second-order valence-corrected chi connectivity index (χ2v) is 8.02. The molecule has 1 aliphatic carbocycles. The first kappa shape index (κ1) is 15.9. The summed E-state index contributed by atoms with van der Waals surface area (Å²) in [6.45, 7) is 4.40. The lowest BCUT2D eigenvalue weighted by Crippen LogP contribution is -2.34. The van der Waals surface area contributed by atoms with Crippen molar-refractivity contribution in [3.63, 3.8) is 0 Å². The van der Waals surface area contributed by atoms with E-state index in [0.717, 1.165) is 28.4 Å². The first-order valence-electron chi connectivity index (χ1n) is 6.81. The molecule has 1 saturated carbocycles. The monoisotopic (exact) mass is 360 g/mol. The van der Waals surface area contributed by atoms with Gasteiger partial charge in [-0.25, -0.2) is 13.1 Å². The lowest BCUT2D eigenvalue weighted by atomic mass is 10.1. The highest BCUT2D eigenvalue weighted by atomic mass is 79.9. The van der Waals surface area contributed by atoms with Crippen LogP contribution in [0.5, 0.6) is 0 Å². The van der Waals surface area contributed by atoms with E-state index in [0.29, 0.717) is 17.4 Å². The highest BCUT2D eigenvalue weighted by Gasteiger charge is 2.31. The fraction of sp³-hybridized carbons (Fsp3) is 0.571. The molecule has 0 saturated heterocycles. The van der Waals surface area contributed by atoms with E-state index in [2.05, 4.69) is 26.0 Å². The molecule has 2 N–H and O–H groups in total. The molecule has 1 unspecified atom stereocenters. The maximum absolute atomic E-state index is 12.6. The summed E-state index contributed by atoms with van der Waals surface area (Å²) in [5.41, 5.74) is 1.70. The van der Waals surface area contributed by atoms with Crippen LogP contribution in [0.1, 0.15) is 30.9 Å². The van der Waals surface area contributed by atoms with Crippen LogP contribution >= 0.6 is 15.9 Å². The van der Waals surface area contributed by atoms with Gasteiger partial charge in [-0.1, -0.05) is 15.9 Å². The summed E-state index contributed by atoms with van der Waals surface area (Å²) in [5, 5.41) is 3.04. The van der Waals surface area contributed by atoms with E-state index in [1.807, 2.05) is 27.0 Å². The molecule has 1 fully saturated rings. The van der Waals surface area contributed by atoms with Gasteiger partial charge in [0, 0.05) is 17.1 Å². The zero-order chi connectivity index (χ0) is 14.9. The molecule has 0 bridgehead atoms. The fourth-order valence-corrected chi connectivity index (χ4v) is 4.56. The number of benzene rings is 1. The normalized spacial score (nSPS) is 17.2. The SMILES string of the molecule is CNCc1cc(Br)c(C)c(S(=O)(=O)NC(C)C2CC2)c1. The van der Waals surface area contributed by atoms with E-state index in [-0.39, 0.29) is 6.04 Å². The van der Waals surface area contributed by atoms with Crippen LogP contribution in [0.4, 0.5) is 0 Å². The van der Waals surface area contributed by atoms with E-state index in [1.54, 1.807) is 6.07 Å². The van der Waals surface area contributed by atoms with Crippen LogP contribution in [-0.4, -0.2) is 21.5 Å². The van der Waals surface area contributed by atoms with Gasteiger partial charge in [-0.2, -0.15) is 0 Å². The lowest BCUT2D eigenvalue weighted by molar-refractivity contribution is 0.537. The van der Waals surface area contributed by atoms with E-state index < -0.39 is 10.0 Å². The van der Waals surface area contributed by atoms with Crippen molar-refractivity contribution in [2.75, 3.05) is 7.05 Å². The molecule has 1 atom stereocenters. The Hall–Kier alpha value is -0.430. The summed E-state index contributed by atoms with van der Waals surface area (Å²) in [7, 11) is -1.62. The molecule has 0 heterocycles. The van der Waals surface area contributed by atoms with Gasteiger partial charge < -0.3 is 5.32 Å². The average molecular weight is 361 g/mol. The molecule has 6 heteroatoms. The van der Waals surface area contributed by atoms with Crippen molar-refractivity contribution < 1.29 is 8.42 Å². The molecule has 2 rings (SSSR count). The van der Waals surface area contributed by atoms with E-state index in [9.17, 15) is 8.42 Å². The molecule has 112 valence electrons. The van der Waals surface area contributed by atoms with Crippen molar-refractivity contribution in [3.8, 4) is 0 Å². The van der Waals surface area contributed by atoms with Gasteiger partial charge in [0.25, 0.3) is 0 Å². The van der Waals surface area contributed by atoms with Crippen LogP contribution in [0.2, 0.25) is 0 Å². The summed E-state index contributed by atoms with van der Waals surface area (Å²) in [4.78, 5) is 0.365. The molecule has 1 aliphatic rings. The topological polar surface area (TPSA) is 58.2 Å². The number of halogens is 1. The Morgan fingerprint density at radius 1 is 1.40 bits per heavy atom. The molecule has 0 spiro atoms. The summed E-state index contributed by atoms with van der Waals surface area (Å²) in [6.07, 6.45) is 2.23. The van der Waals surface area contributed by atoms with Crippen LogP contribution < -0.4 is 10.0 Å². The third-order valence-corrected chi connectivity index (χ3v) is 6.21. The minimum atomic E-state index is -3.47. The average Bonchev–Trinajstić information content (AvgIpc) is 3.17. The van der Waals surface area contributed by atoms with E-state index in [4.69, 9.17) is 0 Å². The Kier molecular flexibility index (Phi) is 4.89. The highest BCUT2D eigenvalue weighted by Crippen LogP contribution is 2.33. The van der Waals surface area contributed by atoms with Crippen LogP contribution in [0.3, 0.4) is 0 Å². The van der Waals surface area contributed by atoms with E-state index >= 15 is 0 Å². The van der Waals surface area contributed by atoms with Crippen molar-refractivity contribution in [1.82, 2.24) is 10.0 Å². The van der Waals surface area contributed by atoms with Crippen LogP contribution in [-0.2, 0) is 16.6 Å². The second kappa shape index (κ2) is 6.13. The molecule has 0 radical (unpaired) electrons. The Balaban J connectivity index is 2.33. The second-order valence-electron chi connectivity index (χ2n) is 5.48. The minimum absolute atomic E-state index is 0.00568. The Bertz CT molecular complexity index is 597. The zero-order valence-corrected chi connectivity index (χ0v) is 14.4. The fourth-order valence-electron chi connectivity index (χ4n) is 2.29. The Morgan fingerprint density at radius 2 is 2.05 bits per heavy atom. The standard InChI is InChI=1S/C14H21BrN2O2S/c1-9-13(15)6-11(8-16-3)7-14(9)20(18,19)17-10(2)12-4-5-12/h6-7,10,12,16-17H,4-5,8H2,1-3H3. The molecule has 20 heavy (non-hydrogen) atoms. The summed E-state index contributed by atoms with van der Waals surface area (Å²) in [5.74, 6) is 0.494. The maximum Gasteiger partial charge on any atom is 0.241 e. The molecule has 0 aromatic heterocycles. The first-order chi connectivity index (χ1) is 9.35. The van der Waals surface area contributed by atoms with Gasteiger partial charge in [-0.15, -0.1) is 0 Å². The summed E-state index contributed by atoms with van der Waals surface area (Å²) >= 11 is 3.45. The first-order valence-corrected chi connectivity index (χ1v) is 9.08. The zero-order valence-electron chi connectivity index (χ0n) is 12.0. The third-order valence-electron chi connectivity index (χ3n) is 3.70. The van der Waals surface area contributed by atoms with Gasteiger partial charge in [0.05, 0.1) is 4.90 Å². The minimum Gasteiger partial charge on any atom is -0.316 e. The number of hydrogen-bond donors (Lipinski definition) is 2. The van der Waals surface area contributed by atoms with E-state index in [1.165, 1.54) is 0 Å². The largest absolute Gasteiger partial charge is 0.316 e. The van der Waals surface area contributed by atoms with Crippen LogP contribution in [0.25, 0.3) is 0 Å². The predicted octanol–water partition coefficient (Wildman–Crippen LogP) is 2.55. The quantitative estimate of drug-likeness (QED) is 0.819. The number of sulfonamides is 1. The molecular weight excluding hydrogens is 340 g/mol. The lowest BCUT2D eigenvalue weighted by Gasteiger charge is -2.16. The molecular formula is C14H21BrN2O2S. The van der Waals surface area contributed by atoms with Crippen LogP contribution in [0.15, 0.2) is 21.5 Å². The van der Waals surface area contributed by atoms with Gasteiger partial charge in [0.2, 0.25) is 10.0 Å². The molecule has 0 aliphatic heterocycles. The maximum atomic E-state index is 12.6. The predicted molar refractivity (Wildman–Crippen MR) is 84.2 cm³/mol. The molecule has 0 amide bonds. The summed E-state index contributed by atoms with van der Waals surface area (Å²) in [6, 6.07) is 3.71. The van der Waals surface area contributed by atoms with Gasteiger partial charge >= 0.3 is 0 Å². The van der Waals surface area contributed by atoms with Crippen molar-refractivity contribution in [3.05, 3.63) is 27.7 Å². The number of nitrogens with one attached hydrogen (secondary N) is 2. The Labute approximate surface area is 129 Å². The summed E-state index contributed by atoms with van der Waals surface area (Å²) < 4.78 is 28.7. The Morgan fingerprint density at radius 3 is 2.60 bits per heavy atom. The van der Waals surface area contributed by atoms with Crippen molar-refractivity contribution in [2.45, 2.75) is 44.2 Å². The van der Waals surface area contributed by atoms with Crippen molar-refractivity contribution in [2.24, 2.45) is 5.92 Å². The number of rotatable bonds is 6. The van der Waals surface area contributed by atoms with Crippen molar-refractivity contribution in [1.29, 1.82) is 0 Å². The smallest absolute Gasteiger partial charge is 0.241 e. The van der Waals surface area contributed by atoms with Gasteiger partial charge in [0.15, 0.2) is 0 Å². The van der Waals surface area contributed by atoms with Gasteiger partial charge in [0.1, 0.15) is 0 Å². The van der Waals surface area contributed by atoms with Crippen LogP contribution in [0, 0.1) is 12.8 Å². The number of hydrogen-bond acceptors (Lipinski definition) is 3. The highest BCUT2D eigenvalue weighted by molar-refractivity contribution is 9.10. The third kappa shape index (κ3) is 3.61. The van der Waals surface area contributed by atoms with Gasteiger partial charge in [-0.3, -0.25) is 0 Å². The molecule has 4 nitrogen and oxygen atoms in total.